The SMILES string of the molecule is CN1CCN(c2cc(Cl)c(Nc3ncc4ccn(CC5CCCO5)c4n3)cc2F)CC1. The van der Waals surface area contributed by atoms with E-state index in [1.54, 1.807) is 12.3 Å². The molecule has 31 heavy (non-hydrogen) atoms. The average Bonchev–Trinajstić information content (AvgIpc) is 3.42. The van der Waals surface area contributed by atoms with Crippen LogP contribution in [0.4, 0.5) is 21.7 Å². The van der Waals surface area contributed by atoms with E-state index in [1.165, 1.54) is 6.07 Å². The van der Waals surface area contributed by atoms with Gasteiger partial charge in [0.05, 0.1) is 29.0 Å². The topological polar surface area (TPSA) is 58.5 Å². The van der Waals surface area contributed by atoms with Crippen LogP contribution in [0.5, 0.6) is 0 Å². The van der Waals surface area contributed by atoms with E-state index in [0.717, 1.165) is 63.2 Å². The lowest BCUT2D eigenvalue weighted by atomic mass is 10.2. The third-order valence-corrected chi connectivity index (χ3v) is 6.37. The van der Waals surface area contributed by atoms with Crippen molar-refractivity contribution in [3.05, 3.63) is 41.4 Å². The molecule has 0 radical (unpaired) electrons. The van der Waals surface area contributed by atoms with Gasteiger partial charge in [-0.2, -0.15) is 4.98 Å². The van der Waals surface area contributed by atoms with E-state index in [9.17, 15) is 4.39 Å². The van der Waals surface area contributed by atoms with Crippen LogP contribution < -0.4 is 10.2 Å². The Morgan fingerprint density at radius 3 is 2.87 bits per heavy atom. The number of ether oxygens (including phenoxy) is 1. The molecule has 1 atom stereocenters. The zero-order valence-corrected chi connectivity index (χ0v) is 18.3. The van der Waals surface area contributed by atoms with Gasteiger partial charge >= 0.3 is 0 Å². The molecule has 3 aromatic rings. The van der Waals surface area contributed by atoms with Crippen molar-refractivity contribution in [2.24, 2.45) is 0 Å². The Morgan fingerprint density at radius 1 is 1.26 bits per heavy atom. The molecule has 9 heteroatoms. The predicted octanol–water partition coefficient (Wildman–Crippen LogP) is 3.90. The molecule has 0 aliphatic carbocycles. The summed E-state index contributed by atoms with van der Waals surface area (Å²) in [7, 11) is 2.07. The van der Waals surface area contributed by atoms with Crippen LogP contribution in [0, 0.1) is 5.82 Å². The van der Waals surface area contributed by atoms with Crippen molar-refractivity contribution >= 4 is 40.0 Å². The fraction of sp³-hybridized carbons (Fsp3) is 0.455. The lowest BCUT2D eigenvalue weighted by molar-refractivity contribution is 0.0979. The highest BCUT2D eigenvalue weighted by molar-refractivity contribution is 6.33. The minimum absolute atomic E-state index is 0.215. The first-order valence-electron chi connectivity index (χ1n) is 10.7. The Kier molecular flexibility index (Phi) is 5.69. The smallest absolute Gasteiger partial charge is 0.229 e. The van der Waals surface area contributed by atoms with Crippen LogP contribution in [-0.4, -0.2) is 65.4 Å². The standard InChI is InChI=1S/C22H26ClFN6O/c1-28-6-8-29(9-7-28)20-11-17(23)19(12-18(20)24)26-22-25-13-15-4-5-30(21(15)27-22)14-16-3-2-10-31-16/h4-5,11-13,16H,2-3,6-10,14H2,1H3,(H,25,26,27). The Labute approximate surface area is 185 Å². The number of benzene rings is 1. The monoisotopic (exact) mass is 444 g/mol. The summed E-state index contributed by atoms with van der Waals surface area (Å²) in [6.45, 7) is 4.93. The Balaban J connectivity index is 1.37. The molecule has 1 aromatic carbocycles. The first-order chi connectivity index (χ1) is 15.1. The summed E-state index contributed by atoms with van der Waals surface area (Å²) >= 11 is 6.50. The molecule has 0 spiro atoms. The molecule has 4 heterocycles. The van der Waals surface area contributed by atoms with Crippen LogP contribution in [-0.2, 0) is 11.3 Å². The summed E-state index contributed by atoms with van der Waals surface area (Å²) in [6, 6.07) is 5.10. The number of nitrogens with one attached hydrogen (secondary N) is 1. The van der Waals surface area contributed by atoms with Gasteiger partial charge < -0.3 is 24.4 Å². The van der Waals surface area contributed by atoms with Crippen LogP contribution in [0.15, 0.2) is 30.6 Å². The maximum absolute atomic E-state index is 14.9. The van der Waals surface area contributed by atoms with Gasteiger partial charge in [0.25, 0.3) is 0 Å². The number of piperazine rings is 1. The molecule has 0 saturated carbocycles. The molecule has 5 rings (SSSR count). The van der Waals surface area contributed by atoms with Crippen LogP contribution in [0.3, 0.4) is 0 Å². The molecule has 2 fully saturated rings. The summed E-state index contributed by atoms with van der Waals surface area (Å²) in [6.07, 6.45) is 6.14. The zero-order chi connectivity index (χ0) is 21.4. The second-order valence-corrected chi connectivity index (χ2v) is 8.68. The minimum atomic E-state index is -0.306. The Morgan fingerprint density at radius 2 is 2.10 bits per heavy atom. The Hall–Kier alpha value is -2.42. The highest BCUT2D eigenvalue weighted by Crippen LogP contribution is 2.32. The van der Waals surface area contributed by atoms with Crippen molar-refractivity contribution in [2.45, 2.75) is 25.5 Å². The number of aromatic nitrogens is 3. The molecule has 0 amide bonds. The molecule has 1 N–H and O–H groups in total. The molecule has 2 aliphatic rings. The van der Waals surface area contributed by atoms with Crippen molar-refractivity contribution in [3.63, 3.8) is 0 Å². The first kappa shape index (κ1) is 20.5. The van der Waals surface area contributed by atoms with Crippen molar-refractivity contribution in [1.29, 1.82) is 0 Å². The molecular weight excluding hydrogens is 419 g/mol. The lowest BCUT2D eigenvalue weighted by Crippen LogP contribution is -2.44. The van der Waals surface area contributed by atoms with Gasteiger partial charge in [0, 0.05) is 56.6 Å². The van der Waals surface area contributed by atoms with E-state index in [2.05, 4.69) is 31.8 Å². The molecule has 2 saturated heterocycles. The Bertz CT molecular complexity index is 1080. The molecule has 1 unspecified atom stereocenters. The average molecular weight is 445 g/mol. The van der Waals surface area contributed by atoms with E-state index in [1.807, 2.05) is 17.2 Å². The number of likely N-dealkylation sites (N-methyl/N-ethyl adjacent to an activating group) is 1. The van der Waals surface area contributed by atoms with Gasteiger partial charge in [-0.05, 0) is 32.0 Å². The molecule has 2 aliphatic heterocycles. The van der Waals surface area contributed by atoms with Crippen molar-refractivity contribution in [3.8, 4) is 0 Å². The van der Waals surface area contributed by atoms with Gasteiger partial charge in [-0.1, -0.05) is 11.6 Å². The quantitative estimate of drug-likeness (QED) is 0.644. The third-order valence-electron chi connectivity index (χ3n) is 6.05. The van der Waals surface area contributed by atoms with Crippen molar-refractivity contribution < 1.29 is 9.13 Å². The fourth-order valence-corrected chi connectivity index (χ4v) is 4.43. The second kappa shape index (κ2) is 8.61. The van der Waals surface area contributed by atoms with Crippen LogP contribution in [0.1, 0.15) is 12.8 Å². The first-order valence-corrected chi connectivity index (χ1v) is 11.1. The van der Waals surface area contributed by atoms with E-state index < -0.39 is 0 Å². The normalized spacial score (nSPS) is 20.0. The third kappa shape index (κ3) is 4.33. The molecular formula is C22H26ClFN6O. The van der Waals surface area contributed by atoms with Gasteiger partial charge in [0.1, 0.15) is 11.5 Å². The molecule has 7 nitrogen and oxygen atoms in total. The highest BCUT2D eigenvalue weighted by Gasteiger charge is 2.20. The summed E-state index contributed by atoms with van der Waals surface area (Å²) in [5.74, 6) is 0.0766. The summed E-state index contributed by atoms with van der Waals surface area (Å²) in [5, 5.41) is 4.48. The summed E-state index contributed by atoms with van der Waals surface area (Å²) in [5.41, 5.74) is 1.80. The molecule has 2 aromatic heterocycles. The lowest BCUT2D eigenvalue weighted by Gasteiger charge is -2.34. The number of rotatable bonds is 5. The number of halogens is 2. The van der Waals surface area contributed by atoms with E-state index in [-0.39, 0.29) is 11.9 Å². The van der Waals surface area contributed by atoms with Crippen molar-refractivity contribution in [1.82, 2.24) is 19.4 Å². The second-order valence-electron chi connectivity index (χ2n) is 8.27. The summed E-state index contributed by atoms with van der Waals surface area (Å²) < 4.78 is 22.7. The van der Waals surface area contributed by atoms with Crippen LogP contribution >= 0.6 is 11.6 Å². The van der Waals surface area contributed by atoms with Gasteiger partial charge in [-0.15, -0.1) is 0 Å². The number of anilines is 3. The maximum atomic E-state index is 14.9. The van der Waals surface area contributed by atoms with Gasteiger partial charge in [-0.25, -0.2) is 9.37 Å². The minimum Gasteiger partial charge on any atom is -0.376 e. The van der Waals surface area contributed by atoms with Gasteiger partial charge in [0.15, 0.2) is 0 Å². The van der Waals surface area contributed by atoms with Crippen molar-refractivity contribution in [2.75, 3.05) is 50.1 Å². The number of hydrogen-bond acceptors (Lipinski definition) is 6. The zero-order valence-electron chi connectivity index (χ0n) is 17.5. The van der Waals surface area contributed by atoms with E-state index in [0.29, 0.717) is 22.3 Å². The van der Waals surface area contributed by atoms with Crippen LogP contribution in [0.2, 0.25) is 5.02 Å². The van der Waals surface area contributed by atoms with E-state index >= 15 is 0 Å². The van der Waals surface area contributed by atoms with Crippen LogP contribution in [0.25, 0.3) is 11.0 Å². The molecule has 164 valence electrons. The molecule has 0 bridgehead atoms. The fourth-order valence-electron chi connectivity index (χ4n) is 4.23. The highest BCUT2D eigenvalue weighted by atomic mass is 35.5. The number of nitrogens with zero attached hydrogens (tertiary/aromatic N) is 5. The maximum Gasteiger partial charge on any atom is 0.229 e. The largest absolute Gasteiger partial charge is 0.376 e. The number of fused-ring (bicyclic) bond motifs is 1. The van der Waals surface area contributed by atoms with Gasteiger partial charge in [0.2, 0.25) is 5.95 Å². The summed E-state index contributed by atoms with van der Waals surface area (Å²) in [4.78, 5) is 13.3. The number of hydrogen-bond donors (Lipinski definition) is 1. The predicted molar refractivity (Wildman–Crippen MR) is 121 cm³/mol. The van der Waals surface area contributed by atoms with E-state index in [4.69, 9.17) is 16.3 Å². The van der Waals surface area contributed by atoms with Gasteiger partial charge in [-0.3, -0.25) is 0 Å².